The minimum atomic E-state index is -4.03. The standard InChI is InChI=1S/C15H16N2O5S/c18-11-5-7-16(8-6-11)9-10-23(21,22)17-14(19)12-3-1-2-4-13(12)15(17)20/h1-4H,5-10H2. The zero-order chi connectivity index (χ0) is 16.6. The van der Waals surface area contributed by atoms with E-state index >= 15 is 0 Å². The maximum atomic E-state index is 12.4. The zero-order valence-corrected chi connectivity index (χ0v) is 13.2. The van der Waals surface area contributed by atoms with E-state index in [9.17, 15) is 22.8 Å². The van der Waals surface area contributed by atoms with Crippen LogP contribution in [0.2, 0.25) is 0 Å². The van der Waals surface area contributed by atoms with Crippen LogP contribution in [0.3, 0.4) is 0 Å². The summed E-state index contributed by atoms with van der Waals surface area (Å²) >= 11 is 0. The first kappa shape index (κ1) is 15.8. The van der Waals surface area contributed by atoms with E-state index in [-0.39, 0.29) is 29.2 Å². The highest BCUT2D eigenvalue weighted by atomic mass is 32.2. The Morgan fingerprint density at radius 2 is 1.43 bits per heavy atom. The number of hydrogen-bond acceptors (Lipinski definition) is 6. The molecule has 2 aliphatic rings. The molecular formula is C15H16N2O5S. The van der Waals surface area contributed by atoms with E-state index in [1.165, 1.54) is 12.1 Å². The van der Waals surface area contributed by atoms with E-state index in [0.717, 1.165) is 0 Å². The van der Waals surface area contributed by atoms with Crippen molar-refractivity contribution < 1.29 is 22.8 Å². The van der Waals surface area contributed by atoms with Gasteiger partial charge in [0, 0.05) is 32.5 Å². The molecule has 0 bridgehead atoms. The molecule has 0 atom stereocenters. The van der Waals surface area contributed by atoms with Crippen molar-refractivity contribution in [1.29, 1.82) is 0 Å². The Bertz CT molecular complexity index is 742. The molecule has 0 unspecified atom stereocenters. The minimum Gasteiger partial charge on any atom is -0.301 e. The number of rotatable bonds is 4. The maximum Gasteiger partial charge on any atom is 0.275 e. The first-order valence-corrected chi connectivity index (χ1v) is 8.96. The first-order chi connectivity index (χ1) is 10.9. The highest BCUT2D eigenvalue weighted by Gasteiger charge is 2.42. The van der Waals surface area contributed by atoms with Gasteiger partial charge >= 0.3 is 0 Å². The van der Waals surface area contributed by atoms with Crippen LogP contribution in [-0.2, 0) is 14.8 Å². The number of benzene rings is 1. The Hall–Kier alpha value is -2.06. The second kappa shape index (κ2) is 5.86. The Balaban J connectivity index is 1.72. The van der Waals surface area contributed by atoms with Gasteiger partial charge in [-0.15, -0.1) is 0 Å². The van der Waals surface area contributed by atoms with Gasteiger partial charge in [0.15, 0.2) is 0 Å². The van der Waals surface area contributed by atoms with Crippen LogP contribution >= 0.6 is 0 Å². The van der Waals surface area contributed by atoms with E-state index in [4.69, 9.17) is 0 Å². The number of sulfonamides is 1. The lowest BCUT2D eigenvalue weighted by atomic mass is 10.1. The highest BCUT2D eigenvalue weighted by Crippen LogP contribution is 2.25. The first-order valence-electron chi connectivity index (χ1n) is 7.35. The van der Waals surface area contributed by atoms with E-state index in [2.05, 4.69) is 0 Å². The second-order valence-corrected chi connectivity index (χ2v) is 7.55. The molecule has 2 heterocycles. The Morgan fingerprint density at radius 1 is 0.913 bits per heavy atom. The monoisotopic (exact) mass is 336 g/mol. The van der Waals surface area contributed by atoms with Crippen LogP contribution in [0.15, 0.2) is 24.3 Å². The quantitative estimate of drug-likeness (QED) is 0.733. The van der Waals surface area contributed by atoms with E-state index in [1.54, 1.807) is 12.1 Å². The number of hydrogen-bond donors (Lipinski definition) is 0. The molecule has 1 aromatic rings. The fraction of sp³-hybridized carbons (Fsp3) is 0.400. The summed E-state index contributed by atoms with van der Waals surface area (Å²) in [7, 11) is -4.03. The molecule has 8 heteroatoms. The predicted molar refractivity (Wildman–Crippen MR) is 81.4 cm³/mol. The summed E-state index contributed by atoms with van der Waals surface area (Å²) in [5.41, 5.74) is 0.231. The van der Waals surface area contributed by atoms with E-state index in [1.807, 2.05) is 4.90 Å². The molecule has 23 heavy (non-hydrogen) atoms. The van der Waals surface area contributed by atoms with E-state index in [0.29, 0.717) is 30.2 Å². The highest BCUT2D eigenvalue weighted by molar-refractivity contribution is 7.90. The second-order valence-electron chi connectivity index (χ2n) is 5.62. The molecular weight excluding hydrogens is 320 g/mol. The number of carbonyl (C=O) groups is 3. The van der Waals surface area contributed by atoms with Gasteiger partial charge in [0.2, 0.25) is 10.0 Å². The van der Waals surface area contributed by atoms with Crippen LogP contribution in [0.1, 0.15) is 33.6 Å². The molecule has 1 fully saturated rings. The van der Waals surface area contributed by atoms with Gasteiger partial charge in [0.05, 0.1) is 16.9 Å². The molecule has 7 nitrogen and oxygen atoms in total. The summed E-state index contributed by atoms with van der Waals surface area (Å²) in [6.45, 7) is 1.22. The molecule has 3 rings (SSSR count). The number of ketones is 1. The fourth-order valence-corrected chi connectivity index (χ4v) is 4.16. The zero-order valence-electron chi connectivity index (χ0n) is 12.4. The van der Waals surface area contributed by atoms with Crippen molar-refractivity contribution in [2.24, 2.45) is 0 Å². The van der Waals surface area contributed by atoms with Crippen molar-refractivity contribution in [3.8, 4) is 0 Å². The molecule has 1 saturated heterocycles. The summed E-state index contributed by atoms with van der Waals surface area (Å²) in [4.78, 5) is 37.5. The molecule has 0 radical (unpaired) electrons. The average Bonchev–Trinajstić information content (AvgIpc) is 2.79. The summed E-state index contributed by atoms with van der Waals surface area (Å²) in [5, 5.41) is 0. The van der Waals surface area contributed by atoms with E-state index < -0.39 is 21.8 Å². The number of nitrogens with zero attached hydrogens (tertiary/aromatic N) is 2. The van der Waals surface area contributed by atoms with Crippen LogP contribution < -0.4 is 0 Å². The summed E-state index contributed by atoms with van der Waals surface area (Å²) < 4.78 is 25.2. The van der Waals surface area contributed by atoms with Crippen molar-refractivity contribution >= 4 is 27.6 Å². The number of amides is 2. The third kappa shape index (κ3) is 2.91. The fourth-order valence-electron chi connectivity index (χ4n) is 2.78. The number of Topliss-reactive ketones (excluding diaryl/α,β-unsaturated/α-hetero) is 1. The Labute approximate surface area is 133 Å². The van der Waals surface area contributed by atoms with Crippen LogP contribution in [0, 0.1) is 0 Å². The number of fused-ring (bicyclic) bond motifs is 1. The van der Waals surface area contributed by atoms with Gasteiger partial charge in [-0.1, -0.05) is 12.1 Å². The lowest BCUT2D eigenvalue weighted by molar-refractivity contribution is -0.121. The normalized spacial score (nSPS) is 19.3. The van der Waals surface area contributed by atoms with Crippen LogP contribution in [-0.4, -0.2) is 60.6 Å². The summed E-state index contributed by atoms with van der Waals surface area (Å²) in [6, 6.07) is 6.07. The van der Waals surface area contributed by atoms with Crippen molar-refractivity contribution in [2.45, 2.75) is 12.8 Å². The van der Waals surface area contributed by atoms with Gasteiger partial charge in [-0.05, 0) is 12.1 Å². The van der Waals surface area contributed by atoms with Crippen molar-refractivity contribution in [1.82, 2.24) is 9.21 Å². The topological polar surface area (TPSA) is 91.8 Å². The van der Waals surface area contributed by atoms with Crippen LogP contribution in [0.5, 0.6) is 0 Å². The molecule has 2 aliphatic heterocycles. The third-order valence-corrected chi connectivity index (χ3v) is 5.70. The molecule has 0 saturated carbocycles. The third-order valence-electron chi connectivity index (χ3n) is 4.11. The molecule has 0 aromatic heterocycles. The summed E-state index contributed by atoms with van der Waals surface area (Å²) in [6.07, 6.45) is 0.820. The predicted octanol–water partition coefficient (Wildman–Crippen LogP) is 0.277. The smallest absolute Gasteiger partial charge is 0.275 e. The van der Waals surface area contributed by atoms with Crippen molar-refractivity contribution in [3.63, 3.8) is 0 Å². The molecule has 1 aromatic carbocycles. The van der Waals surface area contributed by atoms with Gasteiger partial charge in [-0.3, -0.25) is 14.4 Å². The van der Waals surface area contributed by atoms with Gasteiger partial charge in [-0.2, -0.15) is 4.31 Å². The van der Waals surface area contributed by atoms with Gasteiger partial charge in [-0.25, -0.2) is 8.42 Å². The van der Waals surface area contributed by atoms with Crippen molar-refractivity contribution in [2.75, 3.05) is 25.4 Å². The number of likely N-dealkylation sites (tertiary alicyclic amines) is 1. The minimum absolute atomic E-state index is 0.115. The lowest BCUT2D eigenvalue weighted by Crippen LogP contribution is -2.42. The largest absolute Gasteiger partial charge is 0.301 e. The number of piperidine rings is 1. The Kier molecular flexibility index (Phi) is 4.03. The average molecular weight is 336 g/mol. The SMILES string of the molecule is O=C1CCN(CCS(=O)(=O)N2C(=O)c3ccccc3C2=O)CC1. The van der Waals surface area contributed by atoms with Gasteiger partial charge in [0.25, 0.3) is 11.8 Å². The van der Waals surface area contributed by atoms with Crippen LogP contribution in [0.25, 0.3) is 0 Å². The molecule has 122 valence electrons. The molecule has 0 aliphatic carbocycles. The maximum absolute atomic E-state index is 12.4. The Morgan fingerprint density at radius 3 is 1.96 bits per heavy atom. The lowest BCUT2D eigenvalue weighted by Gasteiger charge is -2.26. The van der Waals surface area contributed by atoms with Crippen LogP contribution in [0.4, 0.5) is 0 Å². The van der Waals surface area contributed by atoms with Gasteiger partial charge < -0.3 is 4.90 Å². The van der Waals surface area contributed by atoms with Crippen molar-refractivity contribution in [3.05, 3.63) is 35.4 Å². The summed E-state index contributed by atoms with van der Waals surface area (Å²) in [5.74, 6) is -1.74. The number of carbonyl (C=O) groups excluding carboxylic acids is 3. The van der Waals surface area contributed by atoms with Gasteiger partial charge in [0.1, 0.15) is 5.78 Å². The molecule has 0 N–H and O–H groups in total. The number of imide groups is 1. The molecule has 2 amide bonds. The molecule has 0 spiro atoms.